The van der Waals surface area contributed by atoms with E-state index in [0.717, 1.165) is 12.3 Å². The zero-order chi connectivity index (χ0) is 7.28. The first-order valence-corrected chi connectivity index (χ1v) is 3.55. The van der Waals surface area contributed by atoms with Crippen LogP contribution in [-0.2, 0) is 0 Å². The Hall–Kier alpha value is -0.510. The Bertz CT molecular complexity index is 99.6. The van der Waals surface area contributed by atoms with Crippen molar-refractivity contribution >= 4 is 0 Å². The summed E-state index contributed by atoms with van der Waals surface area (Å²) < 4.78 is 0. The first-order valence-electron chi connectivity index (χ1n) is 3.55. The zero-order valence-electron chi connectivity index (χ0n) is 6.52. The van der Waals surface area contributed by atoms with Crippen molar-refractivity contribution in [2.24, 2.45) is 11.8 Å². The molecule has 0 heterocycles. The van der Waals surface area contributed by atoms with E-state index in [1.807, 2.05) is 0 Å². The van der Waals surface area contributed by atoms with E-state index in [-0.39, 0.29) is 0 Å². The van der Waals surface area contributed by atoms with Crippen LogP contribution in [0.5, 0.6) is 0 Å². The highest BCUT2D eigenvalue weighted by atomic mass is 14.2. The summed E-state index contributed by atoms with van der Waals surface area (Å²) in [6.45, 7) is 6.59. The van der Waals surface area contributed by atoms with Crippen molar-refractivity contribution in [2.45, 2.75) is 33.6 Å². The van der Waals surface area contributed by atoms with Gasteiger partial charge < -0.3 is 0 Å². The smallest absolute Gasteiger partial charge is 0.0621 e. The molecule has 0 fully saturated rings. The van der Waals surface area contributed by atoms with E-state index in [1.165, 1.54) is 0 Å². The Morgan fingerprint density at radius 1 is 1.33 bits per heavy atom. The maximum Gasteiger partial charge on any atom is 0.0621 e. The topological polar surface area (TPSA) is 23.8 Å². The average Bonchev–Trinajstić information content (AvgIpc) is 1.82. The minimum absolute atomic E-state index is 0.699. The average molecular weight is 125 g/mol. The normalized spacial score (nSPS) is 13.2. The van der Waals surface area contributed by atoms with E-state index in [0.29, 0.717) is 12.3 Å². The Morgan fingerprint density at radius 3 is 2.22 bits per heavy atom. The van der Waals surface area contributed by atoms with E-state index in [4.69, 9.17) is 5.26 Å². The van der Waals surface area contributed by atoms with Crippen LogP contribution >= 0.6 is 0 Å². The lowest BCUT2D eigenvalue weighted by Gasteiger charge is -2.12. The van der Waals surface area contributed by atoms with Crippen LogP contribution in [-0.4, -0.2) is 0 Å². The van der Waals surface area contributed by atoms with Gasteiger partial charge in [0.05, 0.1) is 6.07 Å². The molecule has 0 spiro atoms. The maximum atomic E-state index is 8.25. The van der Waals surface area contributed by atoms with Crippen LogP contribution in [0, 0.1) is 23.2 Å². The van der Waals surface area contributed by atoms with Gasteiger partial charge in [0.15, 0.2) is 0 Å². The van der Waals surface area contributed by atoms with Gasteiger partial charge in [-0.1, -0.05) is 20.8 Å². The Labute approximate surface area is 57.7 Å². The molecule has 1 heteroatoms. The molecule has 0 radical (unpaired) electrons. The molecule has 52 valence electrons. The van der Waals surface area contributed by atoms with E-state index in [9.17, 15) is 0 Å². The third kappa shape index (κ3) is 4.02. The van der Waals surface area contributed by atoms with Crippen LogP contribution < -0.4 is 0 Å². The quantitative estimate of drug-likeness (QED) is 0.568. The summed E-state index contributed by atoms with van der Waals surface area (Å²) in [6, 6.07) is 2.15. The molecule has 0 N–H and O–H groups in total. The van der Waals surface area contributed by atoms with Crippen LogP contribution in [0.2, 0.25) is 0 Å². The van der Waals surface area contributed by atoms with Gasteiger partial charge in [-0.05, 0) is 18.3 Å². The van der Waals surface area contributed by atoms with Gasteiger partial charge in [0, 0.05) is 6.42 Å². The van der Waals surface area contributed by atoms with Crippen molar-refractivity contribution in [3.8, 4) is 6.07 Å². The SMILES string of the molecule is CC(C)C(C)CCC#N. The molecule has 0 amide bonds. The van der Waals surface area contributed by atoms with Gasteiger partial charge >= 0.3 is 0 Å². The van der Waals surface area contributed by atoms with Gasteiger partial charge in [-0.3, -0.25) is 0 Å². The Balaban J connectivity index is 3.29. The molecule has 0 aromatic rings. The summed E-state index contributed by atoms with van der Waals surface area (Å²) >= 11 is 0. The van der Waals surface area contributed by atoms with E-state index in [2.05, 4.69) is 26.8 Å². The number of nitriles is 1. The molecule has 9 heavy (non-hydrogen) atoms. The molecule has 1 atom stereocenters. The second kappa shape index (κ2) is 4.38. The molecular formula is C8H15N. The Morgan fingerprint density at radius 2 is 1.89 bits per heavy atom. The highest BCUT2D eigenvalue weighted by Gasteiger charge is 2.04. The van der Waals surface area contributed by atoms with Crippen molar-refractivity contribution in [1.82, 2.24) is 0 Å². The molecule has 0 aliphatic carbocycles. The number of nitrogens with zero attached hydrogens (tertiary/aromatic N) is 1. The Kier molecular flexibility index (Phi) is 4.13. The monoisotopic (exact) mass is 125 g/mol. The molecule has 0 aliphatic rings. The largest absolute Gasteiger partial charge is 0.198 e. The number of hydrogen-bond acceptors (Lipinski definition) is 1. The lowest BCUT2D eigenvalue weighted by Crippen LogP contribution is -2.02. The summed E-state index contributed by atoms with van der Waals surface area (Å²) in [5, 5.41) is 8.25. The van der Waals surface area contributed by atoms with Gasteiger partial charge in [0.25, 0.3) is 0 Å². The lowest BCUT2D eigenvalue weighted by molar-refractivity contribution is 0.397. The van der Waals surface area contributed by atoms with Gasteiger partial charge in [-0.25, -0.2) is 0 Å². The third-order valence-electron chi connectivity index (χ3n) is 1.85. The fourth-order valence-corrected chi connectivity index (χ4v) is 0.626. The first-order chi connectivity index (χ1) is 4.18. The van der Waals surface area contributed by atoms with Gasteiger partial charge in [0.2, 0.25) is 0 Å². The molecular weight excluding hydrogens is 110 g/mol. The van der Waals surface area contributed by atoms with Gasteiger partial charge in [-0.15, -0.1) is 0 Å². The van der Waals surface area contributed by atoms with Crippen LogP contribution in [0.25, 0.3) is 0 Å². The van der Waals surface area contributed by atoms with Crippen LogP contribution in [0.3, 0.4) is 0 Å². The molecule has 0 aromatic carbocycles. The van der Waals surface area contributed by atoms with E-state index < -0.39 is 0 Å². The minimum Gasteiger partial charge on any atom is -0.198 e. The third-order valence-corrected chi connectivity index (χ3v) is 1.85. The van der Waals surface area contributed by atoms with Crippen LogP contribution in [0.1, 0.15) is 33.6 Å². The second-order valence-corrected chi connectivity index (χ2v) is 2.92. The molecule has 0 aromatic heterocycles. The standard InChI is InChI=1S/C8H15N/c1-7(2)8(3)5-4-6-9/h7-8H,4-5H2,1-3H3. The zero-order valence-corrected chi connectivity index (χ0v) is 6.52. The van der Waals surface area contributed by atoms with Crippen molar-refractivity contribution in [3.05, 3.63) is 0 Å². The first kappa shape index (κ1) is 8.49. The summed E-state index contributed by atoms with van der Waals surface area (Å²) in [6.07, 6.45) is 1.76. The van der Waals surface area contributed by atoms with E-state index >= 15 is 0 Å². The van der Waals surface area contributed by atoms with Crippen molar-refractivity contribution in [2.75, 3.05) is 0 Å². The van der Waals surface area contributed by atoms with Crippen molar-refractivity contribution in [3.63, 3.8) is 0 Å². The van der Waals surface area contributed by atoms with E-state index in [1.54, 1.807) is 0 Å². The van der Waals surface area contributed by atoms with Gasteiger partial charge in [-0.2, -0.15) is 5.26 Å². The number of rotatable bonds is 3. The summed E-state index contributed by atoms with van der Waals surface area (Å²) in [7, 11) is 0. The molecule has 0 aliphatic heterocycles. The van der Waals surface area contributed by atoms with Gasteiger partial charge in [0.1, 0.15) is 0 Å². The summed E-state index contributed by atoms with van der Waals surface area (Å²) in [5.41, 5.74) is 0. The molecule has 0 saturated carbocycles. The molecule has 1 unspecified atom stereocenters. The fourth-order valence-electron chi connectivity index (χ4n) is 0.626. The van der Waals surface area contributed by atoms with Crippen LogP contribution in [0.15, 0.2) is 0 Å². The molecule has 1 nitrogen and oxygen atoms in total. The van der Waals surface area contributed by atoms with Crippen molar-refractivity contribution in [1.29, 1.82) is 5.26 Å². The van der Waals surface area contributed by atoms with Crippen LogP contribution in [0.4, 0.5) is 0 Å². The lowest BCUT2D eigenvalue weighted by atomic mass is 9.94. The molecule has 0 bridgehead atoms. The minimum atomic E-state index is 0.699. The summed E-state index contributed by atoms with van der Waals surface area (Å²) in [5.74, 6) is 1.42. The fraction of sp³-hybridized carbons (Fsp3) is 0.875. The summed E-state index contributed by atoms with van der Waals surface area (Å²) in [4.78, 5) is 0. The predicted octanol–water partition coefficient (Wildman–Crippen LogP) is 2.58. The van der Waals surface area contributed by atoms with Crippen molar-refractivity contribution < 1.29 is 0 Å². The molecule has 0 saturated heterocycles. The number of hydrogen-bond donors (Lipinski definition) is 0. The maximum absolute atomic E-state index is 8.25. The molecule has 0 rings (SSSR count). The predicted molar refractivity (Wildman–Crippen MR) is 38.8 cm³/mol. The highest BCUT2D eigenvalue weighted by Crippen LogP contribution is 2.14. The second-order valence-electron chi connectivity index (χ2n) is 2.92. The highest BCUT2D eigenvalue weighted by molar-refractivity contribution is 4.71.